The minimum Gasteiger partial charge on any atom is -0.384 e. The van der Waals surface area contributed by atoms with Gasteiger partial charge < -0.3 is 5.32 Å². The van der Waals surface area contributed by atoms with Crippen LogP contribution in [0.1, 0.15) is 11.1 Å². The maximum atomic E-state index is 11.5. The first-order chi connectivity index (χ1) is 9.52. The molecule has 1 saturated heterocycles. The van der Waals surface area contributed by atoms with Crippen LogP contribution in [-0.2, 0) is 23.0 Å². The van der Waals surface area contributed by atoms with Gasteiger partial charge in [0.05, 0.1) is 6.26 Å². The van der Waals surface area contributed by atoms with Gasteiger partial charge in [0, 0.05) is 45.0 Å². The molecule has 3 rings (SSSR count). The van der Waals surface area contributed by atoms with Gasteiger partial charge in [-0.2, -0.15) is 4.31 Å². The number of hydrogen-bond acceptors (Lipinski definition) is 4. The number of fused-ring (bicyclic) bond motifs is 1. The van der Waals surface area contributed by atoms with Gasteiger partial charge in [-0.3, -0.25) is 4.90 Å². The summed E-state index contributed by atoms with van der Waals surface area (Å²) in [4.78, 5) is 2.32. The fourth-order valence-electron chi connectivity index (χ4n) is 2.91. The van der Waals surface area contributed by atoms with Crippen molar-refractivity contribution in [3.8, 4) is 0 Å². The van der Waals surface area contributed by atoms with Gasteiger partial charge >= 0.3 is 0 Å². The van der Waals surface area contributed by atoms with E-state index in [1.165, 1.54) is 23.1 Å². The molecular formula is C14H21N3O2S. The largest absolute Gasteiger partial charge is 0.384 e. The Morgan fingerprint density at radius 1 is 1.20 bits per heavy atom. The van der Waals surface area contributed by atoms with Crippen molar-refractivity contribution in [3.63, 3.8) is 0 Å². The SMILES string of the molecule is CS(=O)(=O)N1CCN(Cc2ccc3c(c2)NCC3)CC1. The number of anilines is 1. The monoisotopic (exact) mass is 295 g/mol. The van der Waals surface area contributed by atoms with Crippen LogP contribution in [-0.4, -0.2) is 56.6 Å². The molecule has 1 fully saturated rings. The van der Waals surface area contributed by atoms with Crippen LogP contribution in [0.2, 0.25) is 0 Å². The van der Waals surface area contributed by atoms with Gasteiger partial charge in [0.1, 0.15) is 0 Å². The van der Waals surface area contributed by atoms with E-state index in [-0.39, 0.29) is 0 Å². The van der Waals surface area contributed by atoms with Gasteiger partial charge in [-0.1, -0.05) is 12.1 Å². The second kappa shape index (κ2) is 5.35. The molecule has 0 atom stereocenters. The molecule has 110 valence electrons. The molecule has 5 nitrogen and oxygen atoms in total. The first-order valence-electron chi connectivity index (χ1n) is 7.05. The minimum absolute atomic E-state index is 0.599. The van der Waals surface area contributed by atoms with Crippen molar-refractivity contribution in [2.24, 2.45) is 0 Å². The van der Waals surface area contributed by atoms with Crippen molar-refractivity contribution >= 4 is 15.7 Å². The quantitative estimate of drug-likeness (QED) is 0.893. The Morgan fingerprint density at radius 3 is 2.65 bits per heavy atom. The molecule has 0 saturated carbocycles. The molecule has 0 bridgehead atoms. The number of sulfonamides is 1. The Labute approximate surface area is 120 Å². The number of nitrogens with zero attached hydrogens (tertiary/aromatic N) is 2. The smallest absolute Gasteiger partial charge is 0.211 e. The van der Waals surface area contributed by atoms with Gasteiger partial charge in [-0.25, -0.2) is 8.42 Å². The molecular weight excluding hydrogens is 274 g/mol. The molecule has 0 unspecified atom stereocenters. The molecule has 1 aromatic rings. The summed E-state index contributed by atoms with van der Waals surface area (Å²) in [6.45, 7) is 4.73. The lowest BCUT2D eigenvalue weighted by atomic mass is 10.1. The third-order valence-electron chi connectivity index (χ3n) is 4.09. The summed E-state index contributed by atoms with van der Waals surface area (Å²) in [5.41, 5.74) is 3.96. The van der Waals surface area contributed by atoms with Gasteiger partial charge in [-0.15, -0.1) is 0 Å². The van der Waals surface area contributed by atoms with Gasteiger partial charge in [-0.05, 0) is 23.6 Å². The third-order valence-corrected chi connectivity index (χ3v) is 5.39. The van der Waals surface area contributed by atoms with E-state index in [1.807, 2.05) is 0 Å². The highest BCUT2D eigenvalue weighted by Crippen LogP contribution is 2.24. The van der Waals surface area contributed by atoms with E-state index >= 15 is 0 Å². The van der Waals surface area contributed by atoms with E-state index in [0.29, 0.717) is 13.1 Å². The molecule has 0 aliphatic carbocycles. The summed E-state index contributed by atoms with van der Waals surface area (Å²) in [6, 6.07) is 6.62. The normalized spacial score (nSPS) is 20.6. The number of hydrogen-bond donors (Lipinski definition) is 1. The lowest BCUT2D eigenvalue weighted by Gasteiger charge is -2.33. The number of benzene rings is 1. The third kappa shape index (κ3) is 2.97. The summed E-state index contributed by atoms with van der Waals surface area (Å²) in [5, 5.41) is 3.40. The fourth-order valence-corrected chi connectivity index (χ4v) is 3.74. The van der Waals surface area contributed by atoms with Crippen LogP contribution in [0.3, 0.4) is 0 Å². The number of nitrogens with one attached hydrogen (secondary N) is 1. The molecule has 20 heavy (non-hydrogen) atoms. The van der Waals surface area contributed by atoms with Crippen LogP contribution < -0.4 is 5.32 Å². The van der Waals surface area contributed by atoms with Crippen LogP contribution in [0.15, 0.2) is 18.2 Å². The molecule has 1 aromatic carbocycles. The lowest BCUT2D eigenvalue weighted by Crippen LogP contribution is -2.47. The van der Waals surface area contributed by atoms with Gasteiger partial charge in [0.2, 0.25) is 10.0 Å². The Morgan fingerprint density at radius 2 is 1.95 bits per heavy atom. The summed E-state index contributed by atoms with van der Waals surface area (Å²) in [7, 11) is -3.03. The number of rotatable bonds is 3. The molecule has 2 heterocycles. The van der Waals surface area contributed by atoms with Crippen molar-refractivity contribution in [2.45, 2.75) is 13.0 Å². The second-order valence-electron chi connectivity index (χ2n) is 5.61. The van der Waals surface area contributed by atoms with E-state index in [2.05, 4.69) is 28.4 Å². The van der Waals surface area contributed by atoms with Crippen molar-refractivity contribution < 1.29 is 8.42 Å². The topological polar surface area (TPSA) is 52.7 Å². The lowest BCUT2D eigenvalue weighted by molar-refractivity contribution is 0.182. The van der Waals surface area contributed by atoms with E-state index in [1.54, 1.807) is 4.31 Å². The first kappa shape index (κ1) is 13.9. The van der Waals surface area contributed by atoms with Gasteiger partial charge in [0.25, 0.3) is 0 Å². The summed E-state index contributed by atoms with van der Waals surface area (Å²) in [6.07, 6.45) is 2.40. The molecule has 2 aliphatic heterocycles. The average molecular weight is 295 g/mol. The fraction of sp³-hybridized carbons (Fsp3) is 0.571. The zero-order chi connectivity index (χ0) is 14.2. The molecule has 0 amide bonds. The van der Waals surface area contributed by atoms with Crippen LogP contribution in [0.25, 0.3) is 0 Å². The second-order valence-corrected chi connectivity index (χ2v) is 7.59. The summed E-state index contributed by atoms with van der Waals surface area (Å²) >= 11 is 0. The predicted molar refractivity (Wildman–Crippen MR) is 80.3 cm³/mol. The summed E-state index contributed by atoms with van der Waals surface area (Å²) < 4.78 is 24.5. The van der Waals surface area contributed by atoms with Crippen LogP contribution in [0, 0.1) is 0 Å². The van der Waals surface area contributed by atoms with Crippen molar-refractivity contribution in [2.75, 3.05) is 44.3 Å². The maximum absolute atomic E-state index is 11.5. The van der Waals surface area contributed by atoms with Crippen LogP contribution in [0.5, 0.6) is 0 Å². The van der Waals surface area contributed by atoms with Gasteiger partial charge in [0.15, 0.2) is 0 Å². The first-order valence-corrected chi connectivity index (χ1v) is 8.90. The highest BCUT2D eigenvalue weighted by atomic mass is 32.2. The Balaban J connectivity index is 1.60. The van der Waals surface area contributed by atoms with Crippen molar-refractivity contribution in [1.29, 1.82) is 0 Å². The zero-order valence-corrected chi connectivity index (χ0v) is 12.6. The summed E-state index contributed by atoms with van der Waals surface area (Å²) in [5.74, 6) is 0. The van der Waals surface area contributed by atoms with Crippen LogP contribution >= 0.6 is 0 Å². The molecule has 0 aromatic heterocycles. The molecule has 6 heteroatoms. The Kier molecular flexibility index (Phi) is 3.70. The highest BCUT2D eigenvalue weighted by molar-refractivity contribution is 7.88. The standard InChI is InChI=1S/C14H21N3O2S/c1-20(18,19)17-8-6-16(7-9-17)11-12-2-3-13-4-5-15-14(13)10-12/h2-3,10,15H,4-9,11H2,1H3. The molecule has 0 radical (unpaired) electrons. The van der Waals surface area contributed by atoms with E-state index < -0.39 is 10.0 Å². The maximum Gasteiger partial charge on any atom is 0.211 e. The van der Waals surface area contributed by atoms with Crippen molar-refractivity contribution in [1.82, 2.24) is 9.21 Å². The average Bonchev–Trinajstić information content (AvgIpc) is 2.86. The zero-order valence-electron chi connectivity index (χ0n) is 11.8. The molecule has 1 N–H and O–H groups in total. The minimum atomic E-state index is -3.03. The van der Waals surface area contributed by atoms with E-state index in [9.17, 15) is 8.42 Å². The van der Waals surface area contributed by atoms with E-state index in [4.69, 9.17) is 0 Å². The highest BCUT2D eigenvalue weighted by Gasteiger charge is 2.23. The molecule has 2 aliphatic rings. The Bertz CT molecular complexity index is 592. The molecule has 0 spiro atoms. The van der Waals surface area contributed by atoms with Crippen molar-refractivity contribution in [3.05, 3.63) is 29.3 Å². The van der Waals surface area contributed by atoms with E-state index in [0.717, 1.165) is 32.6 Å². The Hall–Kier alpha value is -1.11. The predicted octanol–water partition coefficient (Wildman–Crippen LogP) is 0.732. The van der Waals surface area contributed by atoms with Crippen LogP contribution in [0.4, 0.5) is 5.69 Å². The number of piperazine rings is 1.